The average Bonchev–Trinajstić information content (AvgIpc) is 3.02. The monoisotopic (exact) mass is 335 g/mol. The van der Waals surface area contributed by atoms with E-state index in [1.807, 2.05) is 38.1 Å². The van der Waals surface area contributed by atoms with Gasteiger partial charge in [-0.3, -0.25) is 4.79 Å². The smallest absolute Gasteiger partial charge is 0.277 e. The van der Waals surface area contributed by atoms with Crippen LogP contribution in [0.3, 0.4) is 0 Å². The Balaban J connectivity index is 1.88. The lowest BCUT2D eigenvalue weighted by atomic mass is 10.1. The first-order chi connectivity index (χ1) is 11.2. The molecule has 1 amide bonds. The number of aromatic nitrogens is 2. The number of thioether (sulfide) groups is 1. The molecule has 0 saturated carbocycles. The standard InChI is InChI=1S/C16H21N3O3S/c1-4-19(5-2)15(20)11-23-16-18-17-14(22-16)10-12-6-8-13(21-3)9-7-12/h6-9H,4-5,10-11H2,1-3H3. The molecule has 2 rings (SSSR count). The van der Waals surface area contributed by atoms with E-state index in [4.69, 9.17) is 9.15 Å². The Morgan fingerprint density at radius 2 is 1.91 bits per heavy atom. The van der Waals surface area contributed by atoms with Gasteiger partial charge in [-0.1, -0.05) is 23.9 Å². The van der Waals surface area contributed by atoms with E-state index < -0.39 is 0 Å². The fourth-order valence-corrected chi connectivity index (χ4v) is 2.76. The van der Waals surface area contributed by atoms with Crippen molar-refractivity contribution in [1.29, 1.82) is 0 Å². The third-order valence-electron chi connectivity index (χ3n) is 3.40. The zero-order chi connectivity index (χ0) is 16.7. The molecule has 124 valence electrons. The molecule has 2 aromatic rings. The maximum atomic E-state index is 11.9. The highest BCUT2D eigenvalue weighted by molar-refractivity contribution is 7.99. The molecule has 0 saturated heterocycles. The van der Waals surface area contributed by atoms with Crippen LogP contribution in [0, 0.1) is 0 Å². The summed E-state index contributed by atoms with van der Waals surface area (Å²) < 4.78 is 10.7. The first kappa shape index (κ1) is 17.3. The number of carbonyl (C=O) groups is 1. The molecule has 23 heavy (non-hydrogen) atoms. The average molecular weight is 335 g/mol. The summed E-state index contributed by atoms with van der Waals surface area (Å²) in [5.41, 5.74) is 1.06. The van der Waals surface area contributed by atoms with Gasteiger partial charge in [0.1, 0.15) is 5.75 Å². The molecule has 0 atom stereocenters. The van der Waals surface area contributed by atoms with Crippen LogP contribution in [0.4, 0.5) is 0 Å². The Hall–Kier alpha value is -2.02. The minimum absolute atomic E-state index is 0.0786. The van der Waals surface area contributed by atoms with Crippen LogP contribution in [0.2, 0.25) is 0 Å². The van der Waals surface area contributed by atoms with Gasteiger partial charge >= 0.3 is 0 Å². The zero-order valence-electron chi connectivity index (χ0n) is 13.6. The molecule has 0 aliphatic carbocycles. The molecule has 0 bridgehead atoms. The molecular formula is C16H21N3O3S. The Bertz CT molecular complexity index is 624. The van der Waals surface area contributed by atoms with Crippen molar-refractivity contribution in [2.75, 3.05) is 26.0 Å². The van der Waals surface area contributed by atoms with Crippen molar-refractivity contribution in [1.82, 2.24) is 15.1 Å². The molecule has 0 aliphatic heterocycles. The molecule has 6 nitrogen and oxygen atoms in total. The Morgan fingerprint density at radius 1 is 1.22 bits per heavy atom. The highest BCUT2D eigenvalue weighted by atomic mass is 32.2. The number of benzene rings is 1. The maximum absolute atomic E-state index is 11.9. The fraction of sp³-hybridized carbons (Fsp3) is 0.438. The van der Waals surface area contributed by atoms with Crippen molar-refractivity contribution in [2.45, 2.75) is 25.5 Å². The summed E-state index contributed by atoms with van der Waals surface area (Å²) >= 11 is 1.27. The van der Waals surface area contributed by atoms with Crippen molar-refractivity contribution in [3.8, 4) is 5.75 Å². The van der Waals surface area contributed by atoms with E-state index in [2.05, 4.69) is 10.2 Å². The van der Waals surface area contributed by atoms with E-state index in [0.717, 1.165) is 11.3 Å². The first-order valence-electron chi connectivity index (χ1n) is 7.52. The predicted octanol–water partition coefficient (Wildman–Crippen LogP) is 2.63. The SMILES string of the molecule is CCN(CC)C(=O)CSc1nnc(Cc2ccc(OC)cc2)o1. The van der Waals surface area contributed by atoms with Gasteiger partial charge in [-0.2, -0.15) is 0 Å². The number of hydrogen-bond donors (Lipinski definition) is 0. The molecule has 1 aromatic carbocycles. The number of carbonyl (C=O) groups excluding carboxylic acids is 1. The minimum Gasteiger partial charge on any atom is -0.497 e. The second-order valence-corrected chi connectivity index (χ2v) is 5.77. The third-order valence-corrected chi connectivity index (χ3v) is 4.20. The minimum atomic E-state index is 0.0786. The van der Waals surface area contributed by atoms with E-state index >= 15 is 0 Å². The number of hydrogen-bond acceptors (Lipinski definition) is 6. The van der Waals surface area contributed by atoms with Crippen molar-refractivity contribution in [3.63, 3.8) is 0 Å². The van der Waals surface area contributed by atoms with Crippen LogP contribution in [0.1, 0.15) is 25.3 Å². The summed E-state index contributed by atoms with van der Waals surface area (Å²) in [6.45, 7) is 5.35. The quantitative estimate of drug-likeness (QED) is 0.691. The molecule has 0 fully saturated rings. The summed E-state index contributed by atoms with van der Waals surface area (Å²) in [6, 6.07) is 7.70. The fourth-order valence-electron chi connectivity index (χ4n) is 2.08. The van der Waals surface area contributed by atoms with E-state index in [1.165, 1.54) is 11.8 Å². The predicted molar refractivity (Wildman–Crippen MR) is 88.8 cm³/mol. The molecule has 0 unspecified atom stereocenters. The molecule has 1 heterocycles. The summed E-state index contributed by atoms with van der Waals surface area (Å²) in [6.07, 6.45) is 0.557. The van der Waals surface area contributed by atoms with Crippen molar-refractivity contribution < 1.29 is 13.9 Å². The van der Waals surface area contributed by atoms with Crippen LogP contribution < -0.4 is 4.74 Å². The number of methoxy groups -OCH3 is 1. The second kappa shape index (κ2) is 8.57. The van der Waals surface area contributed by atoms with Crippen LogP contribution in [0.5, 0.6) is 5.75 Å². The lowest BCUT2D eigenvalue weighted by Gasteiger charge is -2.17. The maximum Gasteiger partial charge on any atom is 0.277 e. The lowest BCUT2D eigenvalue weighted by molar-refractivity contribution is -0.127. The van der Waals surface area contributed by atoms with Crippen molar-refractivity contribution in [3.05, 3.63) is 35.7 Å². The van der Waals surface area contributed by atoms with Crippen molar-refractivity contribution in [2.24, 2.45) is 0 Å². The van der Waals surface area contributed by atoms with E-state index in [1.54, 1.807) is 12.0 Å². The molecule has 0 radical (unpaired) electrons. The summed E-state index contributed by atoms with van der Waals surface area (Å²) in [7, 11) is 1.63. The van der Waals surface area contributed by atoms with Gasteiger partial charge in [-0.05, 0) is 31.5 Å². The van der Waals surface area contributed by atoms with Crippen LogP contribution in [-0.2, 0) is 11.2 Å². The number of nitrogens with zero attached hydrogens (tertiary/aromatic N) is 3. The summed E-state index contributed by atoms with van der Waals surface area (Å²) in [5, 5.41) is 8.43. The highest BCUT2D eigenvalue weighted by Gasteiger charge is 2.13. The topological polar surface area (TPSA) is 68.5 Å². The molecular weight excluding hydrogens is 314 g/mol. The summed E-state index contributed by atoms with van der Waals surface area (Å²) in [4.78, 5) is 13.7. The number of amides is 1. The molecule has 0 aliphatic rings. The normalized spacial score (nSPS) is 10.6. The van der Waals surface area contributed by atoms with Gasteiger partial charge in [0.2, 0.25) is 11.8 Å². The second-order valence-electron chi connectivity index (χ2n) is 4.84. The number of rotatable bonds is 8. The van der Waals surface area contributed by atoms with E-state index in [0.29, 0.717) is 36.4 Å². The van der Waals surface area contributed by atoms with Gasteiger partial charge in [0.25, 0.3) is 5.22 Å². The van der Waals surface area contributed by atoms with Gasteiger partial charge in [-0.15, -0.1) is 10.2 Å². The van der Waals surface area contributed by atoms with Crippen LogP contribution in [0.25, 0.3) is 0 Å². The summed E-state index contributed by atoms with van der Waals surface area (Å²) in [5.74, 6) is 1.74. The van der Waals surface area contributed by atoms with Gasteiger partial charge in [-0.25, -0.2) is 0 Å². The lowest BCUT2D eigenvalue weighted by Crippen LogP contribution is -2.31. The first-order valence-corrected chi connectivity index (χ1v) is 8.50. The molecule has 1 aromatic heterocycles. The van der Waals surface area contributed by atoms with Gasteiger partial charge in [0, 0.05) is 13.1 Å². The Morgan fingerprint density at radius 3 is 2.52 bits per heavy atom. The van der Waals surface area contributed by atoms with Gasteiger partial charge < -0.3 is 14.1 Å². The zero-order valence-corrected chi connectivity index (χ0v) is 14.4. The molecule has 0 spiro atoms. The molecule has 7 heteroatoms. The Kier molecular flexibility index (Phi) is 6.46. The molecule has 0 N–H and O–H groups in total. The third kappa shape index (κ3) is 4.99. The van der Waals surface area contributed by atoms with E-state index in [9.17, 15) is 4.79 Å². The van der Waals surface area contributed by atoms with Gasteiger partial charge in [0.05, 0.1) is 19.3 Å². The largest absolute Gasteiger partial charge is 0.497 e. The van der Waals surface area contributed by atoms with Gasteiger partial charge in [0.15, 0.2) is 0 Å². The van der Waals surface area contributed by atoms with Crippen LogP contribution in [0.15, 0.2) is 33.9 Å². The Labute approximate surface area is 140 Å². The number of ether oxygens (including phenoxy) is 1. The van der Waals surface area contributed by atoms with Crippen LogP contribution >= 0.6 is 11.8 Å². The highest BCUT2D eigenvalue weighted by Crippen LogP contribution is 2.19. The van der Waals surface area contributed by atoms with Crippen molar-refractivity contribution >= 4 is 17.7 Å². The van der Waals surface area contributed by atoms with E-state index in [-0.39, 0.29) is 5.91 Å². The van der Waals surface area contributed by atoms with Crippen LogP contribution in [-0.4, -0.2) is 47.0 Å².